The number of fused-ring (bicyclic) bond motifs is 1. The van der Waals surface area contributed by atoms with Gasteiger partial charge < -0.3 is 9.80 Å². The summed E-state index contributed by atoms with van der Waals surface area (Å²) >= 11 is 0. The molecule has 0 aliphatic carbocycles. The van der Waals surface area contributed by atoms with E-state index < -0.39 is 6.04 Å². The van der Waals surface area contributed by atoms with Gasteiger partial charge in [-0.2, -0.15) is 0 Å². The summed E-state index contributed by atoms with van der Waals surface area (Å²) in [4.78, 5) is 36.1. The highest BCUT2D eigenvalue weighted by atomic mass is 16.2. The number of hydrogen-bond acceptors (Lipinski definition) is 4. The van der Waals surface area contributed by atoms with Gasteiger partial charge in [0.1, 0.15) is 6.04 Å². The number of benzene rings is 1. The van der Waals surface area contributed by atoms with Crippen LogP contribution in [0.25, 0.3) is 0 Å². The van der Waals surface area contributed by atoms with Crippen LogP contribution in [0.4, 0.5) is 5.69 Å². The Balaban J connectivity index is 1.36. The first-order valence-corrected chi connectivity index (χ1v) is 10.8. The molecule has 6 nitrogen and oxygen atoms in total. The SMILES string of the molecule is CN(C)C(=O)C1Cc2ccccc2N1C(=O)CCN1CCC(c2ccccn2)CC1. The molecule has 1 fully saturated rings. The highest BCUT2D eigenvalue weighted by molar-refractivity contribution is 6.03. The van der Waals surface area contributed by atoms with Gasteiger partial charge in [0.05, 0.1) is 0 Å². The van der Waals surface area contributed by atoms with Crippen LogP contribution in [-0.2, 0) is 16.0 Å². The number of para-hydroxylation sites is 1. The first-order chi connectivity index (χ1) is 14.5. The minimum atomic E-state index is -0.431. The van der Waals surface area contributed by atoms with E-state index >= 15 is 0 Å². The van der Waals surface area contributed by atoms with Gasteiger partial charge in [0.2, 0.25) is 11.8 Å². The molecule has 1 aromatic heterocycles. The number of likely N-dealkylation sites (tertiary alicyclic amines) is 1. The monoisotopic (exact) mass is 406 g/mol. The smallest absolute Gasteiger partial charge is 0.245 e. The number of amides is 2. The zero-order valence-corrected chi connectivity index (χ0v) is 17.8. The van der Waals surface area contributed by atoms with Crippen LogP contribution in [0.2, 0.25) is 0 Å². The second-order valence-corrected chi connectivity index (χ2v) is 8.47. The first kappa shape index (κ1) is 20.5. The van der Waals surface area contributed by atoms with Crippen LogP contribution in [0, 0.1) is 0 Å². The van der Waals surface area contributed by atoms with Crippen molar-refractivity contribution in [2.75, 3.05) is 38.6 Å². The van der Waals surface area contributed by atoms with Gasteiger partial charge in [0.25, 0.3) is 0 Å². The van der Waals surface area contributed by atoms with Crippen molar-refractivity contribution >= 4 is 17.5 Å². The summed E-state index contributed by atoms with van der Waals surface area (Å²) < 4.78 is 0. The number of aromatic nitrogens is 1. The second kappa shape index (κ2) is 8.96. The Bertz CT molecular complexity index is 891. The molecule has 4 rings (SSSR count). The van der Waals surface area contributed by atoms with Crippen molar-refractivity contribution in [3.8, 4) is 0 Å². The first-order valence-electron chi connectivity index (χ1n) is 10.8. The zero-order chi connectivity index (χ0) is 21.1. The Hall–Kier alpha value is -2.73. The van der Waals surface area contributed by atoms with Gasteiger partial charge in [-0.15, -0.1) is 0 Å². The lowest BCUT2D eigenvalue weighted by Gasteiger charge is -2.32. The zero-order valence-electron chi connectivity index (χ0n) is 17.8. The molecule has 6 heteroatoms. The largest absolute Gasteiger partial charge is 0.347 e. The van der Waals surface area contributed by atoms with Crippen LogP contribution in [-0.4, -0.2) is 66.4 Å². The summed E-state index contributed by atoms with van der Waals surface area (Å²) in [5.41, 5.74) is 3.13. The van der Waals surface area contributed by atoms with E-state index in [2.05, 4.69) is 16.0 Å². The molecule has 0 bridgehead atoms. The third-order valence-corrected chi connectivity index (χ3v) is 6.31. The lowest BCUT2D eigenvalue weighted by Crippen LogP contribution is -2.48. The fourth-order valence-electron chi connectivity index (χ4n) is 4.63. The molecule has 1 aromatic carbocycles. The molecule has 158 valence electrons. The summed E-state index contributed by atoms with van der Waals surface area (Å²) in [5.74, 6) is 0.522. The van der Waals surface area contributed by atoms with Crippen LogP contribution < -0.4 is 4.90 Å². The molecule has 1 atom stereocenters. The third kappa shape index (κ3) is 4.24. The van der Waals surface area contributed by atoms with E-state index in [1.54, 1.807) is 23.9 Å². The van der Waals surface area contributed by atoms with Gasteiger partial charge in [-0.05, 0) is 49.7 Å². The number of rotatable bonds is 5. The van der Waals surface area contributed by atoms with Crippen molar-refractivity contribution in [1.82, 2.24) is 14.8 Å². The normalized spacial score (nSPS) is 19.5. The molecule has 0 N–H and O–H groups in total. The molecule has 2 amide bonds. The minimum Gasteiger partial charge on any atom is -0.347 e. The lowest BCUT2D eigenvalue weighted by atomic mass is 9.93. The molecular formula is C24H30N4O2. The molecular weight excluding hydrogens is 376 g/mol. The van der Waals surface area contributed by atoms with Crippen molar-refractivity contribution < 1.29 is 9.59 Å². The number of piperidine rings is 1. The molecule has 2 aromatic rings. The Morgan fingerprint density at radius 2 is 1.80 bits per heavy atom. The maximum absolute atomic E-state index is 13.2. The van der Waals surface area contributed by atoms with E-state index in [1.165, 1.54) is 5.69 Å². The van der Waals surface area contributed by atoms with Crippen LogP contribution in [0.15, 0.2) is 48.7 Å². The van der Waals surface area contributed by atoms with Crippen LogP contribution in [0.5, 0.6) is 0 Å². The molecule has 2 aliphatic heterocycles. The molecule has 2 aliphatic rings. The van der Waals surface area contributed by atoms with E-state index in [0.717, 1.165) is 43.7 Å². The van der Waals surface area contributed by atoms with Gasteiger partial charge in [0.15, 0.2) is 0 Å². The number of carbonyl (C=O) groups is 2. The molecule has 0 saturated carbocycles. The summed E-state index contributed by atoms with van der Waals surface area (Å²) in [7, 11) is 3.50. The third-order valence-electron chi connectivity index (χ3n) is 6.31. The standard InChI is InChI=1S/C24H30N4O2/c1-26(2)24(30)22-17-19-7-3-4-9-21(19)28(22)23(29)12-16-27-14-10-18(11-15-27)20-8-5-6-13-25-20/h3-9,13,18,22H,10-12,14-17H2,1-2H3. The van der Waals surface area contributed by atoms with Gasteiger partial charge in [-0.3, -0.25) is 19.5 Å². The van der Waals surface area contributed by atoms with Crippen molar-refractivity contribution in [2.24, 2.45) is 0 Å². The second-order valence-electron chi connectivity index (χ2n) is 8.47. The number of likely N-dealkylation sites (N-methyl/N-ethyl adjacent to an activating group) is 1. The number of anilines is 1. The summed E-state index contributed by atoms with van der Waals surface area (Å²) in [5, 5.41) is 0. The Labute approximate surface area is 178 Å². The minimum absolute atomic E-state index is 0.0178. The van der Waals surface area contributed by atoms with Crippen LogP contribution in [0.3, 0.4) is 0 Å². The van der Waals surface area contributed by atoms with Crippen molar-refractivity contribution in [3.63, 3.8) is 0 Å². The van der Waals surface area contributed by atoms with E-state index in [-0.39, 0.29) is 11.8 Å². The number of hydrogen-bond donors (Lipinski definition) is 0. The highest BCUT2D eigenvalue weighted by Crippen LogP contribution is 2.33. The van der Waals surface area contributed by atoms with Crippen molar-refractivity contribution in [3.05, 3.63) is 59.9 Å². The molecule has 1 unspecified atom stereocenters. The Kier molecular flexibility index (Phi) is 6.13. The maximum Gasteiger partial charge on any atom is 0.245 e. The quantitative estimate of drug-likeness (QED) is 0.766. The number of nitrogens with zero attached hydrogens (tertiary/aromatic N) is 4. The Morgan fingerprint density at radius 3 is 2.50 bits per heavy atom. The number of carbonyl (C=O) groups excluding carboxylic acids is 2. The summed E-state index contributed by atoms with van der Waals surface area (Å²) in [6.45, 7) is 2.69. The lowest BCUT2D eigenvalue weighted by molar-refractivity contribution is -0.132. The average molecular weight is 407 g/mol. The van der Waals surface area contributed by atoms with E-state index in [1.807, 2.05) is 42.6 Å². The predicted octanol–water partition coefficient (Wildman–Crippen LogP) is 2.70. The fraction of sp³-hybridized carbons (Fsp3) is 0.458. The van der Waals surface area contributed by atoms with Crippen molar-refractivity contribution in [1.29, 1.82) is 0 Å². The van der Waals surface area contributed by atoms with E-state index in [9.17, 15) is 9.59 Å². The van der Waals surface area contributed by atoms with Gasteiger partial charge in [-0.25, -0.2) is 0 Å². The topological polar surface area (TPSA) is 56.8 Å². The van der Waals surface area contributed by atoms with Gasteiger partial charge in [0, 0.05) is 57.0 Å². The molecule has 3 heterocycles. The fourth-order valence-corrected chi connectivity index (χ4v) is 4.63. The summed E-state index contributed by atoms with van der Waals surface area (Å²) in [6, 6.07) is 13.5. The van der Waals surface area contributed by atoms with Crippen molar-refractivity contribution in [2.45, 2.75) is 37.6 Å². The number of pyridine rings is 1. The van der Waals surface area contributed by atoms with Crippen LogP contribution in [0.1, 0.15) is 36.4 Å². The molecule has 0 spiro atoms. The Morgan fingerprint density at radius 1 is 1.07 bits per heavy atom. The molecule has 0 radical (unpaired) electrons. The molecule has 30 heavy (non-hydrogen) atoms. The average Bonchev–Trinajstić information content (AvgIpc) is 3.17. The van der Waals surface area contributed by atoms with Gasteiger partial charge in [-0.1, -0.05) is 24.3 Å². The predicted molar refractivity (Wildman–Crippen MR) is 117 cm³/mol. The highest BCUT2D eigenvalue weighted by Gasteiger charge is 2.38. The van der Waals surface area contributed by atoms with E-state index in [0.29, 0.717) is 18.8 Å². The summed E-state index contributed by atoms with van der Waals surface area (Å²) in [6.07, 6.45) is 5.02. The molecule has 1 saturated heterocycles. The van der Waals surface area contributed by atoms with Crippen LogP contribution >= 0.6 is 0 Å². The van der Waals surface area contributed by atoms with Gasteiger partial charge >= 0.3 is 0 Å². The van der Waals surface area contributed by atoms with E-state index in [4.69, 9.17) is 0 Å². The maximum atomic E-state index is 13.2.